The molecule has 3 aromatic carbocycles. The zero-order valence-electron chi connectivity index (χ0n) is 16.6. The van der Waals surface area contributed by atoms with E-state index in [0.29, 0.717) is 22.7 Å². The predicted octanol–water partition coefficient (Wildman–Crippen LogP) is 5.84. The number of phenolic OH excluding ortho intramolecular Hbond substituents is 1. The number of fused-ring (bicyclic) bond motifs is 1. The highest BCUT2D eigenvalue weighted by Crippen LogP contribution is 2.41. The lowest BCUT2D eigenvalue weighted by atomic mass is 9.98. The van der Waals surface area contributed by atoms with E-state index in [-0.39, 0.29) is 11.5 Å². The molecule has 1 N–H and O–H groups in total. The third kappa shape index (κ3) is 4.34. The highest BCUT2D eigenvalue weighted by atomic mass is 32.1. The number of aryl methyl sites for hydroxylation is 1. The van der Waals surface area contributed by atoms with E-state index in [4.69, 9.17) is 4.74 Å². The lowest BCUT2D eigenvalue weighted by Crippen LogP contribution is -2.00. The first-order chi connectivity index (χ1) is 15.1. The van der Waals surface area contributed by atoms with Crippen molar-refractivity contribution in [3.8, 4) is 22.6 Å². The summed E-state index contributed by atoms with van der Waals surface area (Å²) in [5.74, 6) is 0.644. The molecule has 5 nitrogen and oxygen atoms in total. The van der Waals surface area contributed by atoms with Crippen LogP contribution in [0.4, 0.5) is 0 Å². The lowest BCUT2D eigenvalue weighted by molar-refractivity contribution is -0.123. The summed E-state index contributed by atoms with van der Waals surface area (Å²) in [6.45, 7) is 2.28. The fourth-order valence-corrected chi connectivity index (χ4v) is 4.46. The summed E-state index contributed by atoms with van der Waals surface area (Å²) >= 11 is 1.36. The number of carbonyl (C=O) groups is 2. The largest absolute Gasteiger partial charge is 0.508 e. The summed E-state index contributed by atoms with van der Waals surface area (Å²) in [4.78, 5) is 24.1. The first kappa shape index (κ1) is 20.4. The number of benzene rings is 3. The molecule has 0 bridgehead atoms. The second kappa shape index (κ2) is 8.85. The molecule has 0 spiro atoms. The Kier molecular flexibility index (Phi) is 5.82. The molecule has 6 heteroatoms. The van der Waals surface area contributed by atoms with E-state index >= 15 is 0 Å². The third-order valence-corrected chi connectivity index (χ3v) is 5.88. The minimum atomic E-state index is -0.0649. The van der Waals surface area contributed by atoms with Gasteiger partial charge in [-0.25, -0.2) is 0 Å². The highest BCUT2D eigenvalue weighted by Gasteiger charge is 2.21. The fourth-order valence-electron chi connectivity index (χ4n) is 3.24. The lowest BCUT2D eigenvalue weighted by Gasteiger charge is -2.07. The van der Waals surface area contributed by atoms with Gasteiger partial charge in [0.2, 0.25) is 5.78 Å². The van der Waals surface area contributed by atoms with Gasteiger partial charge in [0.25, 0.3) is 6.47 Å². The first-order valence-corrected chi connectivity index (χ1v) is 10.3. The molecule has 1 heterocycles. The van der Waals surface area contributed by atoms with Gasteiger partial charge in [-0.05, 0) is 42.8 Å². The fraction of sp³-hybridized carbons (Fsp3) is 0.0400. The number of phenols is 1. The zero-order chi connectivity index (χ0) is 21.8. The van der Waals surface area contributed by atoms with Crippen molar-refractivity contribution in [1.82, 2.24) is 0 Å². The number of ether oxygens (including phenoxy) is 2. The molecule has 0 aliphatic carbocycles. The van der Waals surface area contributed by atoms with Crippen LogP contribution in [0.15, 0.2) is 79.3 Å². The van der Waals surface area contributed by atoms with E-state index in [0.717, 1.165) is 33.0 Å². The van der Waals surface area contributed by atoms with Crippen molar-refractivity contribution in [1.29, 1.82) is 0 Å². The van der Waals surface area contributed by atoms with Crippen molar-refractivity contribution in [2.24, 2.45) is 0 Å². The number of hydrogen-bond acceptors (Lipinski definition) is 6. The Hall–Kier alpha value is -3.90. The molecule has 0 atom stereocenters. The molecular formula is C25H18O5S. The molecule has 0 saturated heterocycles. The third-order valence-electron chi connectivity index (χ3n) is 4.73. The molecular weight excluding hydrogens is 412 g/mol. The summed E-state index contributed by atoms with van der Waals surface area (Å²) in [6.07, 6.45) is 2.40. The SMILES string of the molecule is Cc1ccc(C(=O)c2sc3cc(O)ccc3c2-c2ccc(O/C=C/OC=O)cc2)cc1. The number of rotatable bonds is 7. The number of ketones is 1. The van der Waals surface area contributed by atoms with Crippen LogP contribution in [0.1, 0.15) is 20.8 Å². The summed E-state index contributed by atoms with van der Waals surface area (Å²) in [6, 6.07) is 19.9. The number of hydrogen-bond donors (Lipinski definition) is 1. The van der Waals surface area contributed by atoms with E-state index in [1.54, 1.807) is 24.3 Å². The van der Waals surface area contributed by atoms with Gasteiger partial charge in [-0.15, -0.1) is 11.3 Å². The monoisotopic (exact) mass is 430 g/mol. The maximum Gasteiger partial charge on any atom is 0.298 e. The first-order valence-electron chi connectivity index (χ1n) is 9.45. The molecule has 154 valence electrons. The predicted molar refractivity (Wildman–Crippen MR) is 120 cm³/mol. The summed E-state index contributed by atoms with van der Waals surface area (Å²) < 4.78 is 10.7. The van der Waals surface area contributed by atoms with Crippen molar-refractivity contribution < 1.29 is 24.2 Å². The van der Waals surface area contributed by atoms with Crippen molar-refractivity contribution in [2.45, 2.75) is 6.92 Å². The second-order valence-electron chi connectivity index (χ2n) is 6.83. The zero-order valence-corrected chi connectivity index (χ0v) is 17.4. The van der Waals surface area contributed by atoms with E-state index in [2.05, 4.69) is 4.74 Å². The molecule has 0 aliphatic heterocycles. The van der Waals surface area contributed by atoms with Gasteiger partial charge in [-0.1, -0.05) is 42.0 Å². The molecule has 0 radical (unpaired) electrons. The van der Waals surface area contributed by atoms with Gasteiger partial charge in [-0.3, -0.25) is 9.59 Å². The minimum absolute atomic E-state index is 0.0649. The Morgan fingerprint density at radius 1 is 0.968 bits per heavy atom. The van der Waals surface area contributed by atoms with Gasteiger partial charge in [-0.2, -0.15) is 0 Å². The normalized spacial score (nSPS) is 11.0. The quantitative estimate of drug-likeness (QED) is 0.227. The van der Waals surface area contributed by atoms with E-state index < -0.39 is 0 Å². The van der Waals surface area contributed by atoms with Crippen LogP contribution in [0.3, 0.4) is 0 Å². The Bertz CT molecular complexity index is 1270. The molecule has 4 aromatic rings. The maximum atomic E-state index is 13.3. The Labute approximate surface area is 182 Å². The number of carbonyl (C=O) groups excluding carboxylic acids is 2. The molecule has 0 saturated carbocycles. The van der Waals surface area contributed by atoms with Gasteiger partial charge < -0.3 is 14.6 Å². The van der Waals surface area contributed by atoms with Crippen LogP contribution in [0, 0.1) is 6.92 Å². The molecule has 4 rings (SSSR count). The Balaban J connectivity index is 1.77. The van der Waals surface area contributed by atoms with Crippen LogP contribution in [0.25, 0.3) is 21.2 Å². The summed E-state index contributed by atoms with van der Waals surface area (Å²) in [5, 5.41) is 10.8. The summed E-state index contributed by atoms with van der Waals surface area (Å²) in [5.41, 5.74) is 3.37. The summed E-state index contributed by atoms with van der Waals surface area (Å²) in [7, 11) is 0. The van der Waals surface area contributed by atoms with Crippen molar-refractivity contribution in [3.63, 3.8) is 0 Å². The molecule has 31 heavy (non-hydrogen) atoms. The van der Waals surface area contributed by atoms with E-state index in [9.17, 15) is 14.7 Å². The number of aromatic hydroxyl groups is 1. The molecule has 0 aliphatic rings. The van der Waals surface area contributed by atoms with Gasteiger partial charge in [0.1, 0.15) is 24.0 Å². The van der Waals surface area contributed by atoms with Gasteiger partial charge >= 0.3 is 0 Å². The van der Waals surface area contributed by atoms with Crippen LogP contribution in [0.5, 0.6) is 11.5 Å². The molecule has 1 aromatic heterocycles. The minimum Gasteiger partial charge on any atom is -0.508 e. The topological polar surface area (TPSA) is 72.8 Å². The standard InChI is InChI=1S/C25H18O5S/c1-16-2-4-18(5-3-16)24(28)25-23(21-11-8-19(27)14-22(21)31-25)17-6-9-20(10-7-17)30-13-12-29-15-26/h2-15,27H,1H3/b13-12+. The highest BCUT2D eigenvalue weighted by molar-refractivity contribution is 7.21. The van der Waals surface area contributed by atoms with Crippen LogP contribution < -0.4 is 4.74 Å². The van der Waals surface area contributed by atoms with E-state index in [1.165, 1.54) is 17.6 Å². The van der Waals surface area contributed by atoms with Gasteiger partial charge in [0.05, 0.1) is 4.88 Å². The van der Waals surface area contributed by atoms with Crippen LogP contribution in [0.2, 0.25) is 0 Å². The molecule has 0 amide bonds. The van der Waals surface area contributed by atoms with Gasteiger partial charge in [0.15, 0.2) is 0 Å². The maximum absolute atomic E-state index is 13.3. The van der Waals surface area contributed by atoms with Crippen LogP contribution in [-0.4, -0.2) is 17.4 Å². The second-order valence-corrected chi connectivity index (χ2v) is 7.88. The van der Waals surface area contributed by atoms with Crippen LogP contribution in [-0.2, 0) is 9.53 Å². The average molecular weight is 430 g/mol. The smallest absolute Gasteiger partial charge is 0.298 e. The van der Waals surface area contributed by atoms with Crippen molar-refractivity contribution >= 4 is 33.7 Å². The molecule has 0 fully saturated rings. The van der Waals surface area contributed by atoms with Crippen LogP contribution >= 0.6 is 11.3 Å². The number of thiophene rings is 1. The Morgan fingerprint density at radius 3 is 2.42 bits per heavy atom. The van der Waals surface area contributed by atoms with Gasteiger partial charge in [0, 0.05) is 21.2 Å². The van der Waals surface area contributed by atoms with Crippen molar-refractivity contribution in [3.05, 3.63) is 95.3 Å². The van der Waals surface area contributed by atoms with E-state index in [1.807, 2.05) is 49.4 Å². The molecule has 0 unspecified atom stereocenters. The Morgan fingerprint density at radius 2 is 1.71 bits per heavy atom. The average Bonchev–Trinajstić information content (AvgIpc) is 3.15. The van der Waals surface area contributed by atoms with Crippen molar-refractivity contribution in [2.75, 3.05) is 0 Å².